The Kier molecular flexibility index (Phi) is 7.81. The van der Waals surface area contributed by atoms with Crippen LogP contribution in [0.1, 0.15) is 42.9 Å². The minimum atomic E-state index is -0.382. The number of hydrogen-bond acceptors (Lipinski definition) is 4. The van der Waals surface area contributed by atoms with Crippen LogP contribution in [0.4, 0.5) is 0 Å². The molecule has 5 heteroatoms. The molecule has 0 amide bonds. The number of rotatable bonds is 9. The van der Waals surface area contributed by atoms with Gasteiger partial charge in [-0.3, -0.25) is 0 Å². The van der Waals surface area contributed by atoms with Crippen molar-refractivity contribution in [2.24, 2.45) is 0 Å². The Balaban J connectivity index is 1.45. The summed E-state index contributed by atoms with van der Waals surface area (Å²) < 4.78 is 18.1. The molecule has 0 atom stereocenters. The third-order valence-electron chi connectivity index (χ3n) is 6.76. The molecule has 0 N–H and O–H groups in total. The van der Waals surface area contributed by atoms with Crippen LogP contribution in [-0.2, 0) is 9.31 Å². The van der Waals surface area contributed by atoms with Crippen molar-refractivity contribution in [2.75, 3.05) is 27.2 Å². The zero-order valence-corrected chi connectivity index (χ0v) is 21.9. The van der Waals surface area contributed by atoms with Gasteiger partial charge in [-0.2, -0.15) is 0 Å². The van der Waals surface area contributed by atoms with E-state index in [-0.39, 0.29) is 7.12 Å². The van der Waals surface area contributed by atoms with Gasteiger partial charge in [-0.15, -0.1) is 0 Å². The van der Waals surface area contributed by atoms with E-state index in [0.29, 0.717) is 6.61 Å². The fraction of sp³-hybridized carbons (Fsp3) is 0.250. The molecule has 4 nitrogen and oxygen atoms in total. The number of likely N-dealkylation sites (N-methyl/N-ethyl adjacent to an activating group) is 1. The zero-order valence-electron chi connectivity index (χ0n) is 21.9. The van der Waals surface area contributed by atoms with Crippen molar-refractivity contribution in [3.63, 3.8) is 0 Å². The summed E-state index contributed by atoms with van der Waals surface area (Å²) in [7, 11) is 3.72. The summed E-state index contributed by atoms with van der Waals surface area (Å²) in [6.45, 7) is 3.77. The largest absolute Gasteiger partial charge is 0.632 e. The van der Waals surface area contributed by atoms with Crippen LogP contribution < -0.4 is 10.2 Å². The van der Waals surface area contributed by atoms with E-state index < -0.39 is 0 Å². The van der Waals surface area contributed by atoms with E-state index in [1.807, 2.05) is 6.08 Å². The maximum atomic E-state index is 6.11. The summed E-state index contributed by atoms with van der Waals surface area (Å²) in [5.74, 6) is 2.72. The molecule has 0 fully saturated rings. The minimum absolute atomic E-state index is 0.382. The predicted molar refractivity (Wildman–Crippen MR) is 153 cm³/mol. The Morgan fingerprint density at radius 3 is 2.22 bits per heavy atom. The van der Waals surface area contributed by atoms with Gasteiger partial charge < -0.3 is 18.9 Å². The van der Waals surface area contributed by atoms with Gasteiger partial charge in [0.2, 0.25) is 0 Å². The summed E-state index contributed by atoms with van der Waals surface area (Å²) >= 11 is 0. The van der Waals surface area contributed by atoms with Gasteiger partial charge in [0.1, 0.15) is 23.9 Å². The summed E-state index contributed by atoms with van der Waals surface area (Å²) in [5.41, 5.74) is 7.14. The Morgan fingerprint density at radius 1 is 0.865 bits per heavy atom. The van der Waals surface area contributed by atoms with Crippen molar-refractivity contribution in [3.05, 3.63) is 119 Å². The van der Waals surface area contributed by atoms with Crippen molar-refractivity contribution in [3.8, 4) is 5.75 Å². The van der Waals surface area contributed by atoms with Crippen LogP contribution in [0.5, 0.6) is 5.75 Å². The highest BCUT2D eigenvalue weighted by atomic mass is 16.6. The fourth-order valence-corrected chi connectivity index (χ4v) is 4.80. The Hall–Kier alpha value is -3.70. The van der Waals surface area contributed by atoms with E-state index >= 15 is 0 Å². The van der Waals surface area contributed by atoms with Crippen LogP contribution in [0, 0.1) is 0 Å². The van der Waals surface area contributed by atoms with Gasteiger partial charge >= 0.3 is 7.12 Å². The van der Waals surface area contributed by atoms with E-state index in [1.54, 1.807) is 0 Å². The van der Waals surface area contributed by atoms with E-state index in [4.69, 9.17) is 14.0 Å². The topological polar surface area (TPSA) is 30.9 Å². The third-order valence-corrected chi connectivity index (χ3v) is 6.76. The first kappa shape index (κ1) is 25.0. The summed E-state index contributed by atoms with van der Waals surface area (Å²) in [4.78, 5) is 2.12. The van der Waals surface area contributed by atoms with Gasteiger partial charge in [0.25, 0.3) is 0 Å². The van der Waals surface area contributed by atoms with E-state index in [0.717, 1.165) is 48.5 Å². The molecule has 0 spiro atoms. The SMILES string of the molecule is CC/C(=C(/c1ccc(OCCN(C)C)cc1)c1ccc(B2OC3=C(CCC=C3)O2)cc1)c1ccccc1. The smallest absolute Gasteiger partial charge is 0.522 e. The molecule has 1 heterocycles. The van der Waals surface area contributed by atoms with Crippen LogP contribution in [0.15, 0.2) is 103 Å². The van der Waals surface area contributed by atoms with Crippen molar-refractivity contribution in [1.29, 1.82) is 0 Å². The maximum absolute atomic E-state index is 6.11. The number of hydrogen-bond donors (Lipinski definition) is 0. The van der Waals surface area contributed by atoms with Crippen molar-refractivity contribution in [2.45, 2.75) is 26.2 Å². The fourth-order valence-electron chi connectivity index (χ4n) is 4.80. The monoisotopic (exact) mass is 491 g/mol. The molecule has 0 aromatic heterocycles. The highest BCUT2D eigenvalue weighted by Crippen LogP contribution is 2.35. The molecule has 2 aliphatic rings. The zero-order chi connectivity index (χ0) is 25.6. The number of nitrogens with zero attached hydrogens (tertiary/aromatic N) is 1. The first-order chi connectivity index (χ1) is 18.1. The van der Waals surface area contributed by atoms with Crippen molar-refractivity contribution in [1.82, 2.24) is 4.90 Å². The molecule has 5 rings (SSSR count). The summed E-state index contributed by atoms with van der Waals surface area (Å²) in [6.07, 6.45) is 6.98. The Morgan fingerprint density at radius 2 is 1.57 bits per heavy atom. The highest BCUT2D eigenvalue weighted by molar-refractivity contribution is 6.62. The molecule has 3 aromatic carbocycles. The molecular formula is C32H34BNO3. The second kappa shape index (κ2) is 11.6. The summed E-state index contributed by atoms with van der Waals surface area (Å²) in [5, 5.41) is 0. The lowest BCUT2D eigenvalue weighted by molar-refractivity contribution is 0.261. The Labute approximate surface area is 221 Å². The standard InChI is InChI=1S/C32H34BNO3/c1-4-29(24-10-6-5-7-11-24)32(26-16-20-28(21-17-26)35-23-22-34(2)3)25-14-18-27(19-15-25)33-36-30-12-8-9-13-31(30)37-33/h5-8,10-12,14-21H,4,9,13,22-23H2,1-3H3/b32-29-. The molecular weight excluding hydrogens is 457 g/mol. The van der Waals surface area contributed by atoms with Gasteiger partial charge in [0.15, 0.2) is 0 Å². The second-order valence-corrected chi connectivity index (χ2v) is 9.67. The molecule has 0 unspecified atom stereocenters. The minimum Gasteiger partial charge on any atom is -0.522 e. The van der Waals surface area contributed by atoms with Crippen molar-refractivity contribution < 1.29 is 14.0 Å². The molecule has 0 radical (unpaired) electrons. The normalized spacial score (nSPS) is 15.3. The average molecular weight is 491 g/mol. The van der Waals surface area contributed by atoms with Gasteiger partial charge in [-0.25, -0.2) is 0 Å². The second-order valence-electron chi connectivity index (χ2n) is 9.67. The molecule has 0 saturated carbocycles. The van der Waals surface area contributed by atoms with Crippen LogP contribution in [0.25, 0.3) is 11.1 Å². The molecule has 188 valence electrons. The number of allylic oxidation sites excluding steroid dienone is 4. The van der Waals surface area contributed by atoms with Gasteiger partial charge in [-0.1, -0.05) is 79.7 Å². The van der Waals surface area contributed by atoms with Gasteiger partial charge in [-0.05, 0) is 73.0 Å². The lowest BCUT2D eigenvalue weighted by Gasteiger charge is -2.18. The van der Waals surface area contributed by atoms with Crippen LogP contribution in [-0.4, -0.2) is 39.3 Å². The van der Waals surface area contributed by atoms with E-state index in [1.165, 1.54) is 27.8 Å². The molecule has 1 aliphatic carbocycles. The first-order valence-electron chi connectivity index (χ1n) is 13.1. The first-order valence-corrected chi connectivity index (χ1v) is 13.1. The van der Waals surface area contributed by atoms with E-state index in [9.17, 15) is 0 Å². The lowest BCUT2D eigenvalue weighted by Crippen LogP contribution is -2.32. The van der Waals surface area contributed by atoms with Crippen LogP contribution >= 0.6 is 0 Å². The summed E-state index contributed by atoms with van der Waals surface area (Å²) in [6, 6.07) is 27.7. The van der Waals surface area contributed by atoms with Crippen molar-refractivity contribution >= 4 is 23.7 Å². The highest BCUT2D eigenvalue weighted by Gasteiger charge is 2.35. The lowest BCUT2D eigenvalue weighted by atomic mass is 9.78. The van der Waals surface area contributed by atoms with Crippen LogP contribution in [0.2, 0.25) is 0 Å². The molecule has 3 aromatic rings. The van der Waals surface area contributed by atoms with Gasteiger partial charge in [0, 0.05) is 18.4 Å². The van der Waals surface area contributed by atoms with Gasteiger partial charge in [0.05, 0.1) is 0 Å². The molecule has 0 saturated heterocycles. The van der Waals surface area contributed by atoms with Crippen LogP contribution in [0.3, 0.4) is 0 Å². The molecule has 37 heavy (non-hydrogen) atoms. The van der Waals surface area contributed by atoms with E-state index in [2.05, 4.69) is 111 Å². The number of benzene rings is 3. The molecule has 0 bridgehead atoms. The number of ether oxygens (including phenoxy) is 1. The predicted octanol–water partition coefficient (Wildman–Crippen LogP) is 6.30. The Bertz CT molecular complexity index is 1290. The average Bonchev–Trinajstić information content (AvgIpc) is 3.37. The maximum Gasteiger partial charge on any atom is 0.632 e. The third kappa shape index (κ3) is 5.84. The molecule has 1 aliphatic heterocycles. The quantitative estimate of drug-likeness (QED) is 0.260.